The molecule has 0 amide bonds. The van der Waals surface area contributed by atoms with Gasteiger partial charge in [-0.2, -0.15) is 13.5 Å². The van der Waals surface area contributed by atoms with Crippen LogP contribution in [0.5, 0.6) is 17.2 Å². The number of halogens is 4. The average Bonchev–Trinajstić information content (AvgIpc) is 3.76. The van der Waals surface area contributed by atoms with E-state index in [0.717, 1.165) is 31.5 Å². The number of esters is 1. The highest BCUT2D eigenvalue weighted by Gasteiger charge is 2.27. The molecule has 1 aliphatic rings. The number of hydrogen-bond acceptors (Lipinski definition) is 8. The van der Waals surface area contributed by atoms with Gasteiger partial charge in [-0.1, -0.05) is 35.3 Å². The van der Waals surface area contributed by atoms with Crippen LogP contribution in [0.3, 0.4) is 0 Å². The number of benzene rings is 2. The van der Waals surface area contributed by atoms with Crippen molar-refractivity contribution in [2.75, 3.05) is 20.0 Å². The van der Waals surface area contributed by atoms with Gasteiger partial charge in [-0.15, -0.1) is 0 Å². The van der Waals surface area contributed by atoms with Crippen molar-refractivity contribution in [3.8, 4) is 17.2 Å². The van der Waals surface area contributed by atoms with Crippen molar-refractivity contribution in [1.29, 1.82) is 0 Å². The summed E-state index contributed by atoms with van der Waals surface area (Å²) >= 11 is 12.6. The van der Waals surface area contributed by atoms with E-state index < -0.39 is 28.7 Å². The van der Waals surface area contributed by atoms with Crippen molar-refractivity contribution in [2.45, 2.75) is 38.5 Å². The van der Waals surface area contributed by atoms with Crippen molar-refractivity contribution in [1.82, 2.24) is 4.72 Å². The van der Waals surface area contributed by atoms with E-state index in [1.54, 1.807) is 6.07 Å². The van der Waals surface area contributed by atoms with Gasteiger partial charge in [-0.3, -0.25) is 0 Å². The molecule has 0 bridgehead atoms. The van der Waals surface area contributed by atoms with Crippen LogP contribution in [0.2, 0.25) is 10.0 Å². The predicted octanol–water partition coefficient (Wildman–Crippen LogP) is 5.22. The molecule has 4 rings (SSSR count). The number of carbonyl (C=O) groups excluding carboxylic acids is 1. The molecule has 10 nitrogen and oxygen atoms in total. The Kier molecular flexibility index (Phi) is 10.5. The first-order valence-corrected chi connectivity index (χ1v) is 15.6. The molecule has 1 heterocycles. The minimum absolute atomic E-state index is 0.00850. The number of methoxy groups -OCH3 is 1. The lowest BCUT2D eigenvalue weighted by Gasteiger charge is -2.22. The van der Waals surface area contributed by atoms with Gasteiger partial charge in [0.15, 0.2) is 23.9 Å². The summed E-state index contributed by atoms with van der Waals surface area (Å²) in [7, 11) is -2.16. The summed E-state index contributed by atoms with van der Waals surface area (Å²) in [6, 6.07) is 8.63. The highest BCUT2D eigenvalue weighted by Crippen LogP contribution is 2.38. The monoisotopic (exact) mass is 660 g/mol. The van der Waals surface area contributed by atoms with Gasteiger partial charge in [0.2, 0.25) is 10.0 Å². The fraction of sp³-hybridized carbons (Fsp3) is 0.357. The molecular formula is C28H28Cl2F2N2O8S. The molecule has 0 radical (unpaired) electrons. The molecule has 1 fully saturated rings. The maximum absolute atomic E-state index is 13.6. The summed E-state index contributed by atoms with van der Waals surface area (Å²) in [5.41, 5.74) is 1.07. The number of sulfonamides is 1. The second-order valence-electron chi connectivity index (χ2n) is 9.86. The molecule has 0 unspecified atom stereocenters. The Labute approximate surface area is 257 Å². The number of rotatable bonds is 14. The van der Waals surface area contributed by atoms with E-state index in [1.165, 1.54) is 37.4 Å². The third kappa shape index (κ3) is 9.30. The third-order valence-electron chi connectivity index (χ3n) is 6.45. The van der Waals surface area contributed by atoms with Crippen molar-refractivity contribution in [3.05, 3.63) is 86.3 Å². The lowest BCUT2D eigenvalue weighted by molar-refractivity contribution is -0.605. The quantitative estimate of drug-likeness (QED) is 0.142. The summed E-state index contributed by atoms with van der Waals surface area (Å²) in [4.78, 5) is 13.6. The zero-order chi connectivity index (χ0) is 31.3. The first kappa shape index (κ1) is 32.5. The molecule has 1 atom stereocenters. The SMILES string of the molecule is COc1ccc(CNS(C)(=O)=O)cc1C(=O)O[C@@H](Cc1c(Cl)c[n+]([O-])cc1Cl)c1ccc(OC(F)F)c(OCC2CC2)c1. The fourth-order valence-electron chi connectivity index (χ4n) is 4.09. The van der Waals surface area contributed by atoms with E-state index in [1.807, 2.05) is 0 Å². The first-order valence-electron chi connectivity index (χ1n) is 12.9. The van der Waals surface area contributed by atoms with Crippen LogP contribution >= 0.6 is 23.2 Å². The zero-order valence-electron chi connectivity index (χ0n) is 23.0. The molecule has 43 heavy (non-hydrogen) atoms. The Bertz CT molecular complexity index is 1570. The normalized spacial score (nSPS) is 13.9. The second-order valence-corrected chi connectivity index (χ2v) is 12.5. The number of nitrogens with one attached hydrogen (secondary N) is 1. The van der Waals surface area contributed by atoms with E-state index in [2.05, 4.69) is 9.46 Å². The summed E-state index contributed by atoms with van der Waals surface area (Å²) in [6.07, 6.45) is 3.87. The highest BCUT2D eigenvalue weighted by molar-refractivity contribution is 7.88. The first-order chi connectivity index (χ1) is 20.3. The third-order valence-corrected chi connectivity index (χ3v) is 7.77. The van der Waals surface area contributed by atoms with Crippen molar-refractivity contribution < 1.29 is 45.7 Å². The Morgan fingerprint density at radius 3 is 2.37 bits per heavy atom. The zero-order valence-corrected chi connectivity index (χ0v) is 25.3. The fourth-order valence-corrected chi connectivity index (χ4v) is 5.12. The topological polar surface area (TPSA) is 127 Å². The highest BCUT2D eigenvalue weighted by atomic mass is 35.5. The van der Waals surface area contributed by atoms with E-state index in [4.69, 9.17) is 37.4 Å². The van der Waals surface area contributed by atoms with Gasteiger partial charge in [0.25, 0.3) is 0 Å². The summed E-state index contributed by atoms with van der Waals surface area (Å²) in [5.74, 6) is -0.558. The Balaban J connectivity index is 1.72. The van der Waals surface area contributed by atoms with Crippen molar-refractivity contribution in [2.24, 2.45) is 5.92 Å². The van der Waals surface area contributed by atoms with Gasteiger partial charge in [-0.25, -0.2) is 17.9 Å². The molecular weight excluding hydrogens is 633 g/mol. The molecule has 1 saturated carbocycles. The van der Waals surface area contributed by atoms with E-state index in [-0.39, 0.29) is 45.8 Å². The lowest BCUT2D eigenvalue weighted by Crippen LogP contribution is -2.25. The largest absolute Gasteiger partial charge is 0.619 e. The minimum Gasteiger partial charge on any atom is -0.619 e. The van der Waals surface area contributed by atoms with Gasteiger partial charge in [-0.05, 0) is 54.2 Å². The Morgan fingerprint density at radius 1 is 1.09 bits per heavy atom. The maximum atomic E-state index is 13.6. The van der Waals surface area contributed by atoms with Gasteiger partial charge >= 0.3 is 12.6 Å². The second kappa shape index (κ2) is 13.9. The number of aromatic nitrogens is 1. The van der Waals surface area contributed by atoms with Crippen LogP contribution in [0.1, 0.15) is 46.0 Å². The standard InChI is InChI=1S/C28H28Cl2F2N2O8S/c1-39-23-7-5-17(12-33-43(2,37)38)9-20(23)27(35)41-25(11-19-21(29)13-34(36)14-22(19)30)18-6-8-24(42-28(31)32)26(10-18)40-15-16-3-4-16/h5-10,13-14,16,25,28,33H,3-4,11-12,15H2,1-2H3/t25-/m0/s1. The molecule has 2 aromatic carbocycles. The maximum Gasteiger partial charge on any atom is 0.387 e. The van der Waals surface area contributed by atoms with Crippen LogP contribution < -0.4 is 23.7 Å². The molecule has 1 aliphatic carbocycles. The summed E-state index contributed by atoms with van der Waals surface area (Å²) in [6.45, 7) is -2.90. The van der Waals surface area contributed by atoms with Crippen LogP contribution in [0.4, 0.5) is 8.78 Å². The van der Waals surface area contributed by atoms with Crippen molar-refractivity contribution in [3.63, 3.8) is 0 Å². The number of nitrogens with zero attached hydrogens (tertiary/aromatic N) is 1. The van der Waals surface area contributed by atoms with Gasteiger partial charge < -0.3 is 24.2 Å². The summed E-state index contributed by atoms with van der Waals surface area (Å²) in [5, 5.41) is 11.8. The van der Waals surface area contributed by atoms with Gasteiger partial charge in [0, 0.05) is 18.5 Å². The van der Waals surface area contributed by atoms with E-state index >= 15 is 0 Å². The van der Waals surface area contributed by atoms with Crippen molar-refractivity contribution >= 4 is 39.2 Å². The molecule has 15 heteroatoms. The molecule has 232 valence electrons. The predicted molar refractivity (Wildman–Crippen MR) is 153 cm³/mol. The lowest BCUT2D eigenvalue weighted by atomic mass is 10.0. The van der Waals surface area contributed by atoms with Crippen LogP contribution in [0.25, 0.3) is 0 Å². The van der Waals surface area contributed by atoms with E-state index in [9.17, 15) is 27.2 Å². The number of pyridine rings is 1. The molecule has 0 aliphatic heterocycles. The van der Waals surface area contributed by atoms with Gasteiger partial charge in [0.05, 0.1) is 20.0 Å². The van der Waals surface area contributed by atoms with Crippen LogP contribution in [0.15, 0.2) is 48.8 Å². The average molecular weight is 662 g/mol. The number of ether oxygens (including phenoxy) is 4. The summed E-state index contributed by atoms with van der Waals surface area (Å²) < 4.78 is 73.8. The van der Waals surface area contributed by atoms with Gasteiger partial charge in [0.1, 0.15) is 27.5 Å². The molecule has 1 aromatic heterocycles. The van der Waals surface area contributed by atoms with E-state index in [0.29, 0.717) is 33.9 Å². The Hall–Kier alpha value is -3.39. The molecule has 0 saturated heterocycles. The number of alkyl halides is 2. The smallest absolute Gasteiger partial charge is 0.387 e. The van der Waals surface area contributed by atoms with Crippen LogP contribution in [-0.4, -0.2) is 41.0 Å². The molecule has 3 aromatic rings. The van der Waals surface area contributed by atoms with Crippen LogP contribution in [-0.2, 0) is 27.7 Å². The van der Waals surface area contributed by atoms with Crippen LogP contribution in [0, 0.1) is 11.1 Å². The minimum atomic E-state index is -3.51. The Morgan fingerprint density at radius 2 is 1.77 bits per heavy atom. The molecule has 0 spiro atoms. The molecule has 1 N–H and O–H groups in total. The number of carbonyl (C=O) groups is 1. The number of hydrogen-bond donors (Lipinski definition) is 1.